The highest BCUT2D eigenvalue weighted by molar-refractivity contribution is 6.69. The van der Waals surface area contributed by atoms with Crippen molar-refractivity contribution in [2.45, 2.75) is 38.6 Å². The molecule has 4 nitrogen and oxygen atoms in total. The van der Waals surface area contributed by atoms with Gasteiger partial charge in [0.05, 0.1) is 19.3 Å². The van der Waals surface area contributed by atoms with Gasteiger partial charge >= 0.3 is 0 Å². The summed E-state index contributed by atoms with van der Waals surface area (Å²) in [6.45, 7) is 11.2. The van der Waals surface area contributed by atoms with Crippen molar-refractivity contribution in [1.29, 1.82) is 0 Å². The largest absolute Gasteiger partial charge is 0.379 e. The van der Waals surface area contributed by atoms with Crippen LogP contribution in [0.3, 0.4) is 0 Å². The third-order valence-corrected chi connectivity index (χ3v) is 4.50. The van der Waals surface area contributed by atoms with E-state index in [1.54, 1.807) is 0 Å². The monoisotopic (exact) mass is 260 g/mol. The molecule has 1 fully saturated rings. The Labute approximate surface area is 106 Å². The first-order valence-electron chi connectivity index (χ1n) is 6.59. The molecule has 1 saturated heterocycles. The highest BCUT2D eigenvalue weighted by atomic mass is 28.4. The molecular weight excluding hydrogens is 234 g/mol. The Morgan fingerprint density at radius 3 is 2.59 bits per heavy atom. The average Bonchev–Trinajstić information content (AvgIpc) is 2.25. The number of hydrogen-bond donors (Lipinski definition) is 0. The van der Waals surface area contributed by atoms with Crippen LogP contribution in [0.1, 0.15) is 13.3 Å². The molecule has 0 aromatic heterocycles. The molecule has 1 rings (SSSR count). The van der Waals surface area contributed by atoms with E-state index in [2.05, 4.69) is 11.8 Å². The van der Waals surface area contributed by atoms with E-state index >= 15 is 0 Å². The predicted octanol–water partition coefficient (Wildman–Crippen LogP) is 1.75. The molecule has 1 aliphatic heterocycles. The van der Waals surface area contributed by atoms with Gasteiger partial charge in [0.2, 0.25) is 8.32 Å². The number of morpholine rings is 1. The Hall–Kier alpha value is 0.0569. The Morgan fingerprint density at radius 1 is 1.35 bits per heavy atom. The lowest BCUT2D eigenvalue weighted by Crippen LogP contribution is -2.41. The minimum Gasteiger partial charge on any atom is -0.379 e. The number of hydrogen-bond acceptors (Lipinski definition) is 3. The molecule has 1 atom stereocenters. The summed E-state index contributed by atoms with van der Waals surface area (Å²) in [7, 11) is -2.13. The van der Waals surface area contributed by atoms with Crippen LogP contribution in [0.4, 0.5) is 0 Å². The summed E-state index contributed by atoms with van der Waals surface area (Å²) in [6.07, 6.45) is 1.17. The molecule has 1 unspecified atom stereocenters. The summed E-state index contributed by atoms with van der Waals surface area (Å²) in [5.41, 5.74) is 0. The van der Waals surface area contributed by atoms with Crippen molar-refractivity contribution < 1.29 is 14.3 Å². The first-order valence-corrected chi connectivity index (χ1v) is 9.71. The van der Waals surface area contributed by atoms with Crippen LogP contribution in [-0.2, 0) is 14.3 Å². The van der Waals surface area contributed by atoms with Gasteiger partial charge in [0, 0.05) is 26.2 Å². The second-order valence-corrected chi connectivity index (χ2v) is 9.48. The zero-order chi connectivity index (χ0) is 12.7. The van der Waals surface area contributed by atoms with E-state index in [9.17, 15) is 4.80 Å². The van der Waals surface area contributed by atoms with Crippen LogP contribution in [0.5, 0.6) is 0 Å². The molecule has 0 saturated carbocycles. The van der Waals surface area contributed by atoms with Crippen molar-refractivity contribution in [1.82, 2.24) is 4.90 Å². The lowest BCUT2D eigenvalue weighted by Gasteiger charge is -2.29. The highest BCUT2D eigenvalue weighted by Crippen LogP contribution is 2.09. The van der Waals surface area contributed by atoms with Crippen LogP contribution < -0.4 is 0 Å². The van der Waals surface area contributed by atoms with E-state index in [1.165, 1.54) is 0 Å². The van der Waals surface area contributed by atoms with Gasteiger partial charge in [-0.3, -0.25) is 9.70 Å². The fraction of sp³-hybridized carbons (Fsp3) is 1.00. The van der Waals surface area contributed by atoms with E-state index in [4.69, 9.17) is 9.47 Å². The molecule has 1 radical (unpaired) electrons. The standard InChI is InChI=1S/C12H26NO3Si/c1-12(11-13-5-8-15-9-6-13)16-7-4-10-17(2,3)14/h12H,4-11H2,1-3H3. The predicted molar refractivity (Wildman–Crippen MR) is 70.3 cm³/mol. The van der Waals surface area contributed by atoms with Crippen molar-refractivity contribution in [2.75, 3.05) is 39.5 Å². The van der Waals surface area contributed by atoms with E-state index in [1.807, 2.05) is 13.1 Å². The van der Waals surface area contributed by atoms with E-state index in [-0.39, 0.29) is 6.10 Å². The molecule has 0 bridgehead atoms. The molecule has 101 valence electrons. The summed E-state index contributed by atoms with van der Waals surface area (Å²) in [5.74, 6) is 0. The number of ether oxygens (including phenoxy) is 2. The lowest BCUT2D eigenvalue weighted by atomic mass is 10.3. The molecule has 0 spiro atoms. The molecule has 1 aliphatic rings. The molecule has 17 heavy (non-hydrogen) atoms. The summed E-state index contributed by atoms with van der Waals surface area (Å²) in [4.78, 5) is 13.9. The summed E-state index contributed by atoms with van der Waals surface area (Å²) in [6, 6.07) is 0.817. The molecule has 0 aromatic carbocycles. The zero-order valence-electron chi connectivity index (χ0n) is 11.4. The second kappa shape index (κ2) is 7.48. The maximum atomic E-state index is 11.5. The van der Waals surface area contributed by atoms with Crippen molar-refractivity contribution in [3.63, 3.8) is 0 Å². The fourth-order valence-electron chi connectivity index (χ4n) is 1.98. The van der Waals surface area contributed by atoms with E-state index in [0.717, 1.165) is 51.9 Å². The van der Waals surface area contributed by atoms with Gasteiger partial charge in [-0.25, -0.2) is 0 Å². The van der Waals surface area contributed by atoms with E-state index < -0.39 is 8.32 Å². The second-order valence-electron chi connectivity index (χ2n) is 5.46. The minimum atomic E-state index is -2.13. The third-order valence-electron chi connectivity index (χ3n) is 2.94. The SMILES string of the molecule is CC(CN1CCOCC1)OCCC[Si](C)(C)[O]. The number of rotatable bonds is 7. The maximum Gasteiger partial charge on any atom is 0.231 e. The first kappa shape index (κ1) is 15.1. The Morgan fingerprint density at radius 2 is 2.00 bits per heavy atom. The van der Waals surface area contributed by atoms with Crippen molar-refractivity contribution in [3.8, 4) is 0 Å². The van der Waals surface area contributed by atoms with Crippen LogP contribution in [0.2, 0.25) is 19.1 Å². The molecule has 0 aromatic rings. The van der Waals surface area contributed by atoms with Gasteiger partial charge in [0.1, 0.15) is 0 Å². The van der Waals surface area contributed by atoms with Crippen LogP contribution in [0.15, 0.2) is 0 Å². The van der Waals surface area contributed by atoms with Crippen molar-refractivity contribution >= 4 is 8.32 Å². The van der Waals surface area contributed by atoms with Gasteiger partial charge < -0.3 is 9.47 Å². The quantitative estimate of drug-likeness (QED) is 0.517. The van der Waals surface area contributed by atoms with Crippen LogP contribution >= 0.6 is 0 Å². The van der Waals surface area contributed by atoms with Gasteiger partial charge in [0.25, 0.3) is 0 Å². The topological polar surface area (TPSA) is 41.6 Å². The first-order chi connectivity index (χ1) is 7.97. The molecule has 0 amide bonds. The summed E-state index contributed by atoms with van der Waals surface area (Å²) >= 11 is 0. The smallest absolute Gasteiger partial charge is 0.231 e. The number of nitrogens with zero attached hydrogens (tertiary/aromatic N) is 1. The van der Waals surface area contributed by atoms with E-state index in [0.29, 0.717) is 0 Å². The van der Waals surface area contributed by atoms with Gasteiger partial charge in [-0.2, -0.15) is 0 Å². The lowest BCUT2D eigenvalue weighted by molar-refractivity contribution is -0.00556. The highest BCUT2D eigenvalue weighted by Gasteiger charge is 2.19. The molecule has 0 N–H and O–H groups in total. The van der Waals surface area contributed by atoms with Gasteiger partial charge in [-0.1, -0.05) is 0 Å². The van der Waals surface area contributed by atoms with Gasteiger partial charge in [-0.05, 0) is 32.5 Å². The zero-order valence-corrected chi connectivity index (χ0v) is 12.4. The molecule has 0 aliphatic carbocycles. The van der Waals surface area contributed by atoms with Crippen LogP contribution in [0.25, 0.3) is 0 Å². The Bertz CT molecular complexity index is 202. The molecular formula is C12H26NO3Si. The Balaban J connectivity index is 2.02. The third kappa shape index (κ3) is 7.89. The van der Waals surface area contributed by atoms with Gasteiger partial charge in [0.15, 0.2) is 0 Å². The maximum absolute atomic E-state index is 11.5. The summed E-state index contributed by atoms with van der Waals surface area (Å²) < 4.78 is 11.0. The molecule has 5 heteroatoms. The molecule has 1 heterocycles. The van der Waals surface area contributed by atoms with Crippen molar-refractivity contribution in [3.05, 3.63) is 0 Å². The minimum absolute atomic E-state index is 0.254. The van der Waals surface area contributed by atoms with Crippen molar-refractivity contribution in [2.24, 2.45) is 0 Å². The van der Waals surface area contributed by atoms with Crippen LogP contribution in [-0.4, -0.2) is 58.8 Å². The summed E-state index contributed by atoms with van der Waals surface area (Å²) in [5, 5.41) is 0. The van der Waals surface area contributed by atoms with Crippen LogP contribution in [0, 0.1) is 0 Å². The normalized spacial score (nSPS) is 20.5. The Kier molecular flexibility index (Phi) is 6.65. The fourth-order valence-corrected chi connectivity index (χ4v) is 2.98. The van der Waals surface area contributed by atoms with Gasteiger partial charge in [-0.15, -0.1) is 0 Å². The average molecular weight is 260 g/mol.